The first kappa shape index (κ1) is 14.8. The molecule has 1 aliphatic heterocycles. The number of hydrogen-bond acceptors (Lipinski definition) is 3. The Kier molecular flexibility index (Phi) is 3.74. The van der Waals surface area contributed by atoms with Crippen LogP contribution in [0.4, 0.5) is 5.69 Å². The van der Waals surface area contributed by atoms with Crippen LogP contribution in [-0.2, 0) is 18.4 Å². The number of aryl methyl sites for hydroxylation is 3. The zero-order chi connectivity index (χ0) is 15.9. The van der Waals surface area contributed by atoms with E-state index in [9.17, 15) is 4.79 Å². The molecule has 0 fully saturated rings. The van der Waals surface area contributed by atoms with Crippen LogP contribution in [0.15, 0.2) is 24.4 Å². The lowest BCUT2D eigenvalue weighted by Crippen LogP contribution is -2.36. The lowest BCUT2D eigenvalue weighted by molar-refractivity contribution is -0.118. The van der Waals surface area contributed by atoms with E-state index >= 15 is 0 Å². The molecule has 0 radical (unpaired) electrons. The minimum absolute atomic E-state index is 0.0125. The van der Waals surface area contributed by atoms with Crippen LogP contribution in [0.2, 0.25) is 0 Å². The quantitative estimate of drug-likeness (QED) is 0.925. The monoisotopic (exact) mass is 298 g/mol. The molecular weight excluding hydrogens is 276 g/mol. The number of carbonyl (C=O) groups is 1. The average molecular weight is 298 g/mol. The molecule has 1 atom stereocenters. The molecule has 0 unspecified atom stereocenters. The first-order valence-corrected chi connectivity index (χ1v) is 7.53. The molecule has 3 rings (SSSR count). The standard InChI is InChI=1S/C17H22N4O/c1-11-5-6-15(12(2)7-11)18-17(22)14-10-20(3)8-13-9-21(4)19-16(13)14/h5-7,9,14H,8,10H2,1-4H3,(H,18,22)/t14-/m1/s1. The van der Waals surface area contributed by atoms with E-state index < -0.39 is 0 Å². The van der Waals surface area contributed by atoms with Gasteiger partial charge < -0.3 is 10.2 Å². The number of likely N-dealkylation sites (N-methyl/N-ethyl adjacent to an activating group) is 1. The van der Waals surface area contributed by atoms with E-state index in [1.807, 2.05) is 39.3 Å². The van der Waals surface area contributed by atoms with Gasteiger partial charge in [0.1, 0.15) is 0 Å². The summed E-state index contributed by atoms with van der Waals surface area (Å²) in [6.07, 6.45) is 2.00. The summed E-state index contributed by atoms with van der Waals surface area (Å²) in [5.41, 5.74) is 5.19. The second-order valence-electron chi connectivity index (χ2n) is 6.27. The highest BCUT2D eigenvalue weighted by Crippen LogP contribution is 2.28. The predicted octanol–water partition coefficient (Wildman–Crippen LogP) is 2.20. The summed E-state index contributed by atoms with van der Waals surface area (Å²) in [6.45, 7) is 5.61. The van der Waals surface area contributed by atoms with Gasteiger partial charge in [-0.15, -0.1) is 0 Å². The molecule has 0 saturated carbocycles. The molecule has 1 aliphatic rings. The van der Waals surface area contributed by atoms with E-state index in [-0.39, 0.29) is 11.8 Å². The molecule has 1 aromatic carbocycles. The zero-order valence-corrected chi connectivity index (χ0v) is 13.6. The van der Waals surface area contributed by atoms with Crippen LogP contribution in [0.5, 0.6) is 0 Å². The van der Waals surface area contributed by atoms with Crippen LogP contribution in [0.25, 0.3) is 0 Å². The van der Waals surface area contributed by atoms with Crippen molar-refractivity contribution >= 4 is 11.6 Å². The maximum atomic E-state index is 12.7. The molecule has 2 heterocycles. The Labute approximate surface area is 130 Å². The zero-order valence-electron chi connectivity index (χ0n) is 13.6. The molecule has 0 aliphatic carbocycles. The third kappa shape index (κ3) is 2.76. The first-order valence-electron chi connectivity index (χ1n) is 7.53. The van der Waals surface area contributed by atoms with Crippen molar-refractivity contribution in [2.75, 3.05) is 18.9 Å². The van der Waals surface area contributed by atoms with Crippen molar-refractivity contribution < 1.29 is 4.79 Å². The van der Waals surface area contributed by atoms with Crippen LogP contribution < -0.4 is 5.32 Å². The van der Waals surface area contributed by atoms with Crippen LogP contribution >= 0.6 is 0 Å². The summed E-state index contributed by atoms with van der Waals surface area (Å²) in [5, 5.41) is 7.56. The number of benzene rings is 1. The predicted molar refractivity (Wildman–Crippen MR) is 86.8 cm³/mol. The number of rotatable bonds is 2. The van der Waals surface area contributed by atoms with Gasteiger partial charge in [-0.1, -0.05) is 17.7 Å². The van der Waals surface area contributed by atoms with Crippen molar-refractivity contribution in [2.24, 2.45) is 7.05 Å². The van der Waals surface area contributed by atoms with Crippen LogP contribution in [0, 0.1) is 13.8 Å². The Morgan fingerprint density at radius 1 is 1.32 bits per heavy atom. The maximum Gasteiger partial charge on any atom is 0.234 e. The number of amides is 1. The van der Waals surface area contributed by atoms with E-state index in [4.69, 9.17) is 0 Å². The largest absolute Gasteiger partial charge is 0.325 e. The van der Waals surface area contributed by atoms with Gasteiger partial charge in [-0.2, -0.15) is 5.10 Å². The lowest BCUT2D eigenvalue weighted by Gasteiger charge is -2.28. The van der Waals surface area contributed by atoms with Crippen molar-refractivity contribution in [1.29, 1.82) is 0 Å². The summed E-state index contributed by atoms with van der Waals surface area (Å²) in [5.74, 6) is -0.214. The van der Waals surface area contributed by atoms with Gasteiger partial charge in [0.05, 0.1) is 11.6 Å². The van der Waals surface area contributed by atoms with Crippen LogP contribution in [0.1, 0.15) is 28.3 Å². The van der Waals surface area contributed by atoms with E-state index in [1.54, 1.807) is 4.68 Å². The van der Waals surface area contributed by atoms with Crippen molar-refractivity contribution in [2.45, 2.75) is 26.3 Å². The highest BCUT2D eigenvalue weighted by atomic mass is 16.2. The first-order chi connectivity index (χ1) is 10.4. The van der Waals surface area contributed by atoms with Crippen molar-refractivity contribution in [3.8, 4) is 0 Å². The van der Waals surface area contributed by atoms with Crippen LogP contribution in [-0.4, -0.2) is 34.2 Å². The number of aromatic nitrogens is 2. The molecule has 22 heavy (non-hydrogen) atoms. The average Bonchev–Trinajstić information content (AvgIpc) is 2.80. The van der Waals surface area contributed by atoms with Crippen molar-refractivity contribution in [3.05, 3.63) is 46.8 Å². The molecule has 2 aromatic rings. The number of fused-ring (bicyclic) bond motifs is 1. The van der Waals surface area contributed by atoms with Crippen molar-refractivity contribution in [3.63, 3.8) is 0 Å². The molecular formula is C17H22N4O. The highest BCUT2D eigenvalue weighted by molar-refractivity contribution is 5.96. The number of carbonyl (C=O) groups excluding carboxylic acids is 1. The summed E-state index contributed by atoms with van der Waals surface area (Å²) in [7, 11) is 3.94. The molecule has 0 spiro atoms. The summed E-state index contributed by atoms with van der Waals surface area (Å²) < 4.78 is 1.79. The normalized spacial score (nSPS) is 18.1. The Bertz CT molecular complexity index is 719. The Morgan fingerprint density at radius 3 is 2.82 bits per heavy atom. The second-order valence-corrected chi connectivity index (χ2v) is 6.27. The maximum absolute atomic E-state index is 12.7. The molecule has 1 aromatic heterocycles. The summed E-state index contributed by atoms with van der Waals surface area (Å²) in [4.78, 5) is 14.9. The van der Waals surface area contributed by atoms with Gasteiger partial charge in [-0.05, 0) is 32.5 Å². The molecule has 5 heteroatoms. The highest BCUT2D eigenvalue weighted by Gasteiger charge is 2.32. The van der Waals surface area contributed by atoms with Gasteiger partial charge in [0.2, 0.25) is 5.91 Å². The third-order valence-corrected chi connectivity index (χ3v) is 4.16. The SMILES string of the molecule is Cc1ccc(NC(=O)[C@@H]2CN(C)Cc3cn(C)nc32)c(C)c1. The smallest absolute Gasteiger partial charge is 0.234 e. The fourth-order valence-electron chi connectivity index (χ4n) is 3.10. The van der Waals surface area contributed by atoms with Gasteiger partial charge >= 0.3 is 0 Å². The fourth-order valence-corrected chi connectivity index (χ4v) is 3.10. The Morgan fingerprint density at radius 2 is 2.09 bits per heavy atom. The molecule has 116 valence electrons. The molecule has 1 amide bonds. The second kappa shape index (κ2) is 5.57. The lowest BCUT2D eigenvalue weighted by atomic mass is 9.96. The van der Waals surface area contributed by atoms with Gasteiger partial charge in [0, 0.05) is 37.6 Å². The van der Waals surface area contributed by atoms with E-state index in [2.05, 4.69) is 28.3 Å². The third-order valence-electron chi connectivity index (χ3n) is 4.16. The molecule has 1 N–H and O–H groups in total. The number of nitrogens with one attached hydrogen (secondary N) is 1. The molecule has 0 saturated heterocycles. The minimum atomic E-state index is -0.226. The topological polar surface area (TPSA) is 50.2 Å². The Hall–Kier alpha value is -2.14. The number of nitrogens with zero attached hydrogens (tertiary/aromatic N) is 3. The number of hydrogen-bond donors (Lipinski definition) is 1. The van der Waals surface area contributed by atoms with Gasteiger partial charge in [0.25, 0.3) is 0 Å². The van der Waals surface area contributed by atoms with Crippen molar-refractivity contribution in [1.82, 2.24) is 14.7 Å². The minimum Gasteiger partial charge on any atom is -0.325 e. The Balaban J connectivity index is 1.86. The van der Waals surface area contributed by atoms with Gasteiger partial charge in [-0.3, -0.25) is 9.48 Å². The number of anilines is 1. The van der Waals surface area contributed by atoms with E-state index in [1.165, 1.54) is 5.56 Å². The molecule has 0 bridgehead atoms. The fraction of sp³-hybridized carbons (Fsp3) is 0.412. The summed E-state index contributed by atoms with van der Waals surface area (Å²) in [6, 6.07) is 6.06. The van der Waals surface area contributed by atoms with E-state index in [0.717, 1.165) is 29.1 Å². The van der Waals surface area contributed by atoms with Gasteiger partial charge in [-0.25, -0.2) is 0 Å². The molecule has 5 nitrogen and oxygen atoms in total. The van der Waals surface area contributed by atoms with Crippen LogP contribution in [0.3, 0.4) is 0 Å². The van der Waals surface area contributed by atoms with Gasteiger partial charge in [0.15, 0.2) is 0 Å². The summed E-state index contributed by atoms with van der Waals surface area (Å²) >= 11 is 0. The van der Waals surface area contributed by atoms with E-state index in [0.29, 0.717) is 6.54 Å².